The maximum Gasteiger partial charge on any atom is 0.273 e. The zero-order chi connectivity index (χ0) is 14.6. The van der Waals surface area contributed by atoms with Gasteiger partial charge in [-0.25, -0.2) is 0 Å². The van der Waals surface area contributed by atoms with Gasteiger partial charge in [0.15, 0.2) is 0 Å². The number of benzene rings is 2. The molecule has 0 N–H and O–H groups in total. The monoisotopic (exact) mass is 276 g/mol. The van der Waals surface area contributed by atoms with Crippen molar-refractivity contribution >= 4 is 0 Å². The van der Waals surface area contributed by atoms with Crippen LogP contribution in [0.2, 0.25) is 0 Å². The summed E-state index contributed by atoms with van der Waals surface area (Å²) in [5.41, 5.74) is 2.11. The van der Waals surface area contributed by atoms with E-state index in [0.717, 1.165) is 22.3 Å². The second-order valence-corrected chi connectivity index (χ2v) is 5.71. The molecule has 5 rings (SSSR count). The molecule has 0 amide bonds. The molecule has 0 fully saturated rings. The van der Waals surface area contributed by atoms with Gasteiger partial charge in [0.1, 0.15) is 0 Å². The predicted octanol–water partition coefficient (Wildman–Crippen LogP) is 3.20. The summed E-state index contributed by atoms with van der Waals surface area (Å²) in [7, 11) is 0. The van der Waals surface area contributed by atoms with Crippen molar-refractivity contribution in [1.29, 1.82) is 5.26 Å². The Balaban J connectivity index is 2.15. The van der Waals surface area contributed by atoms with Gasteiger partial charge in [-0.15, -0.1) is 0 Å². The highest BCUT2D eigenvalue weighted by atomic mass is 16.6. The number of nitro groups is 1. The van der Waals surface area contributed by atoms with Crippen molar-refractivity contribution in [3.8, 4) is 6.07 Å². The zero-order valence-electron chi connectivity index (χ0n) is 11.2. The topological polar surface area (TPSA) is 66.9 Å². The van der Waals surface area contributed by atoms with Gasteiger partial charge in [-0.05, 0) is 11.1 Å². The summed E-state index contributed by atoms with van der Waals surface area (Å²) in [5.74, 6) is -0.399. The van der Waals surface area contributed by atoms with E-state index in [9.17, 15) is 15.4 Å². The Morgan fingerprint density at radius 1 is 1.10 bits per heavy atom. The highest BCUT2D eigenvalue weighted by molar-refractivity contribution is 5.58. The molecule has 2 aromatic rings. The number of nitrogens with zero attached hydrogens (tertiary/aromatic N) is 2. The summed E-state index contributed by atoms with van der Waals surface area (Å²) >= 11 is 0. The number of nitriles is 1. The second kappa shape index (κ2) is 3.92. The van der Waals surface area contributed by atoms with E-state index in [1.54, 1.807) is 0 Å². The molecule has 102 valence electrons. The van der Waals surface area contributed by atoms with Crippen molar-refractivity contribution in [2.45, 2.75) is 17.9 Å². The normalized spacial score (nSPS) is 28.3. The fourth-order valence-corrected chi connectivity index (χ4v) is 4.08. The standard InChI is InChI=1S/C17H12N2O2/c18-10-11-9-17(19(20)21)14-7-3-1-5-12(14)16(11)13-6-2-4-8-15(13)17/h1-8,11,16H,9H2/t11-,16?,17?/m0/s1. The molecule has 0 aliphatic heterocycles. The van der Waals surface area contributed by atoms with Crippen LogP contribution in [0.25, 0.3) is 0 Å². The second-order valence-electron chi connectivity index (χ2n) is 5.71. The summed E-state index contributed by atoms with van der Waals surface area (Å²) in [5, 5.41) is 21.5. The first-order chi connectivity index (χ1) is 10.2. The quantitative estimate of drug-likeness (QED) is 0.593. The van der Waals surface area contributed by atoms with Crippen LogP contribution in [0.15, 0.2) is 48.5 Å². The van der Waals surface area contributed by atoms with Crippen LogP contribution in [0.1, 0.15) is 34.6 Å². The summed E-state index contributed by atoms with van der Waals surface area (Å²) < 4.78 is 0. The Hall–Kier alpha value is -2.67. The summed E-state index contributed by atoms with van der Waals surface area (Å²) in [4.78, 5) is 11.8. The number of hydrogen-bond donors (Lipinski definition) is 0. The van der Waals surface area contributed by atoms with Crippen LogP contribution in [0.4, 0.5) is 0 Å². The molecule has 3 aliphatic carbocycles. The van der Waals surface area contributed by atoms with E-state index in [1.807, 2.05) is 48.5 Å². The fourth-order valence-electron chi connectivity index (χ4n) is 4.08. The van der Waals surface area contributed by atoms with Gasteiger partial charge >= 0.3 is 0 Å². The van der Waals surface area contributed by atoms with Gasteiger partial charge in [0, 0.05) is 28.4 Å². The molecule has 0 radical (unpaired) electrons. The molecule has 0 spiro atoms. The van der Waals surface area contributed by atoms with Crippen LogP contribution >= 0.6 is 0 Å². The SMILES string of the molecule is N#C[C@@H]1CC2([N+](=O)[O-])c3ccccc3C1c1ccccc12. The Morgan fingerprint density at radius 3 is 2.10 bits per heavy atom. The average molecular weight is 276 g/mol. The Morgan fingerprint density at radius 2 is 1.62 bits per heavy atom. The van der Waals surface area contributed by atoms with E-state index in [1.165, 1.54) is 0 Å². The van der Waals surface area contributed by atoms with Crippen molar-refractivity contribution in [2.75, 3.05) is 0 Å². The maximum absolute atomic E-state index is 12.0. The molecule has 2 aromatic carbocycles. The minimum absolute atomic E-state index is 0.0516. The van der Waals surface area contributed by atoms with E-state index in [-0.39, 0.29) is 23.2 Å². The van der Waals surface area contributed by atoms with Crippen molar-refractivity contribution in [3.05, 3.63) is 80.9 Å². The molecule has 4 nitrogen and oxygen atoms in total. The lowest BCUT2D eigenvalue weighted by Gasteiger charge is -2.45. The van der Waals surface area contributed by atoms with Crippen molar-refractivity contribution in [3.63, 3.8) is 0 Å². The number of hydrogen-bond acceptors (Lipinski definition) is 3. The Labute approximate surface area is 121 Å². The van der Waals surface area contributed by atoms with Gasteiger partial charge in [-0.1, -0.05) is 48.5 Å². The first-order valence-corrected chi connectivity index (χ1v) is 6.93. The molecule has 2 bridgehead atoms. The highest BCUT2D eigenvalue weighted by Gasteiger charge is 2.60. The highest BCUT2D eigenvalue weighted by Crippen LogP contribution is 2.58. The largest absolute Gasteiger partial charge is 0.273 e. The molecule has 1 atom stereocenters. The fraction of sp³-hybridized carbons (Fsp3) is 0.235. The van der Waals surface area contributed by atoms with Crippen LogP contribution in [-0.4, -0.2) is 4.92 Å². The van der Waals surface area contributed by atoms with E-state index in [4.69, 9.17) is 0 Å². The third-order valence-electron chi connectivity index (χ3n) is 4.88. The lowest BCUT2D eigenvalue weighted by atomic mass is 9.56. The third kappa shape index (κ3) is 1.28. The lowest BCUT2D eigenvalue weighted by Crippen LogP contribution is -2.49. The average Bonchev–Trinajstić information content (AvgIpc) is 2.54. The minimum atomic E-state index is -1.28. The third-order valence-corrected chi connectivity index (χ3v) is 4.88. The van der Waals surface area contributed by atoms with E-state index in [0.29, 0.717) is 0 Å². The smallest absolute Gasteiger partial charge is 0.263 e. The van der Waals surface area contributed by atoms with Gasteiger partial charge in [0.2, 0.25) is 0 Å². The van der Waals surface area contributed by atoms with Gasteiger partial charge in [0.25, 0.3) is 5.54 Å². The Kier molecular flexibility index (Phi) is 2.26. The first-order valence-electron chi connectivity index (χ1n) is 6.93. The van der Waals surface area contributed by atoms with Crippen molar-refractivity contribution in [1.82, 2.24) is 0 Å². The van der Waals surface area contributed by atoms with Crippen LogP contribution in [0.3, 0.4) is 0 Å². The molecule has 0 unspecified atom stereocenters. The molecule has 4 heteroatoms. The summed E-state index contributed by atoms with van der Waals surface area (Å²) in [6.07, 6.45) is 0.259. The minimum Gasteiger partial charge on any atom is -0.263 e. The molecule has 0 heterocycles. The molecule has 21 heavy (non-hydrogen) atoms. The van der Waals surface area contributed by atoms with Crippen LogP contribution in [0, 0.1) is 27.4 Å². The Bertz CT molecular complexity index is 759. The molecule has 0 saturated carbocycles. The van der Waals surface area contributed by atoms with Crippen molar-refractivity contribution < 1.29 is 4.92 Å². The van der Waals surface area contributed by atoms with Crippen molar-refractivity contribution in [2.24, 2.45) is 5.92 Å². The van der Waals surface area contributed by atoms with E-state index < -0.39 is 5.54 Å². The molecular formula is C17H12N2O2. The van der Waals surface area contributed by atoms with Crippen LogP contribution in [0.5, 0.6) is 0 Å². The van der Waals surface area contributed by atoms with Gasteiger partial charge in [0.05, 0.1) is 12.0 Å². The molecule has 0 aromatic heterocycles. The molecular weight excluding hydrogens is 264 g/mol. The summed E-state index contributed by atoms with van der Waals surface area (Å²) in [6, 6.07) is 17.3. The van der Waals surface area contributed by atoms with Crippen LogP contribution in [-0.2, 0) is 5.54 Å². The first kappa shape index (κ1) is 12.1. The van der Waals surface area contributed by atoms with Crippen LogP contribution < -0.4 is 0 Å². The van der Waals surface area contributed by atoms with Gasteiger partial charge < -0.3 is 0 Å². The number of rotatable bonds is 1. The summed E-state index contributed by atoms with van der Waals surface area (Å²) in [6.45, 7) is 0. The van der Waals surface area contributed by atoms with E-state index in [2.05, 4.69) is 6.07 Å². The van der Waals surface area contributed by atoms with Gasteiger partial charge in [-0.3, -0.25) is 10.1 Å². The molecule has 0 saturated heterocycles. The number of fused-ring (bicyclic) bond motifs is 1. The lowest BCUT2D eigenvalue weighted by molar-refractivity contribution is -0.571. The van der Waals surface area contributed by atoms with E-state index >= 15 is 0 Å². The predicted molar refractivity (Wildman–Crippen MR) is 76.2 cm³/mol. The maximum atomic E-state index is 12.0. The van der Waals surface area contributed by atoms with Gasteiger partial charge in [-0.2, -0.15) is 5.26 Å². The zero-order valence-corrected chi connectivity index (χ0v) is 11.2. The molecule has 3 aliphatic rings.